The number of carbonyl (C=O) groups is 2. The largest absolute Gasteiger partial charge is 0.464 e. The molecule has 1 rings (SSSR count). The Bertz CT molecular complexity index is 1160. The van der Waals surface area contributed by atoms with Crippen LogP contribution in [0.25, 0.3) is 0 Å². The molecule has 0 fully saturated rings. The fraction of sp³-hybridized carbons (Fsp3) is 0.700. The van der Waals surface area contributed by atoms with Crippen molar-refractivity contribution in [2.45, 2.75) is 64.7 Å². The highest BCUT2D eigenvalue weighted by Gasteiger charge is 2.34. The number of carbonyl (C=O) groups excluding carboxylic acids is 2. The molecule has 0 saturated carbocycles. The molecule has 0 bridgehead atoms. The van der Waals surface area contributed by atoms with Crippen LogP contribution in [0, 0.1) is 0 Å². The van der Waals surface area contributed by atoms with Crippen molar-refractivity contribution in [1.29, 1.82) is 0 Å². The first-order chi connectivity index (χ1) is 16.2. The maximum Gasteiger partial charge on any atom is 0.410 e. The molecule has 0 aliphatic heterocycles. The van der Waals surface area contributed by atoms with Gasteiger partial charge in [-0.15, -0.1) is 0 Å². The van der Waals surface area contributed by atoms with E-state index in [0.717, 1.165) is 12.0 Å². The van der Waals surface area contributed by atoms with Crippen molar-refractivity contribution in [2.75, 3.05) is 26.7 Å². The summed E-state index contributed by atoms with van der Waals surface area (Å²) in [5.74, 6) is -3.26. The number of nitrogens with zero attached hydrogens (tertiary/aromatic N) is 3. The molecule has 16 heteroatoms. The molecule has 0 aliphatic carbocycles. The van der Waals surface area contributed by atoms with Gasteiger partial charge < -0.3 is 27.8 Å². The molecule has 1 heterocycles. The van der Waals surface area contributed by atoms with Gasteiger partial charge in [0, 0.05) is 7.05 Å². The van der Waals surface area contributed by atoms with E-state index in [4.69, 9.17) is 13.1 Å². The highest BCUT2D eigenvalue weighted by atomic mass is 32.2. The Morgan fingerprint density at radius 1 is 1.03 bits per heavy atom. The molecule has 206 valence electrons. The van der Waals surface area contributed by atoms with Crippen LogP contribution in [0.4, 0.5) is 4.79 Å². The number of hydrogen-bond acceptors (Lipinski definition) is 13. The van der Waals surface area contributed by atoms with E-state index in [2.05, 4.69) is 14.7 Å². The molecule has 0 spiro atoms. The van der Waals surface area contributed by atoms with E-state index < -0.39 is 67.4 Å². The minimum atomic E-state index is -4.30. The summed E-state index contributed by atoms with van der Waals surface area (Å²) >= 11 is 0. The lowest BCUT2D eigenvalue weighted by Gasteiger charge is -2.30. The lowest BCUT2D eigenvalue weighted by atomic mass is 10.1. The number of aliphatic hydroxyl groups is 1. The van der Waals surface area contributed by atoms with Crippen molar-refractivity contribution in [2.24, 2.45) is 0 Å². The first kappa shape index (κ1) is 31.3. The Hall–Kier alpha value is -2.72. The van der Waals surface area contributed by atoms with Crippen molar-refractivity contribution in [3.8, 4) is 11.6 Å². The Morgan fingerprint density at radius 2 is 1.58 bits per heavy atom. The van der Waals surface area contributed by atoms with Crippen LogP contribution >= 0.6 is 0 Å². The molecular formula is C20H33N3O11S2. The Balaban J connectivity index is 3.82. The highest BCUT2D eigenvalue weighted by molar-refractivity contribution is 7.86. The maximum absolute atomic E-state index is 12.8. The number of methoxy groups -OCH3 is 1. The first-order valence-corrected chi connectivity index (χ1v) is 14.3. The number of ether oxygens (including phenoxy) is 2. The number of hydrogen-bond donors (Lipinski definition) is 1. The van der Waals surface area contributed by atoms with Gasteiger partial charge >= 0.3 is 32.3 Å². The zero-order valence-electron chi connectivity index (χ0n) is 21.5. The number of amides is 1. The number of rotatable bonds is 11. The smallest absolute Gasteiger partial charge is 0.410 e. The molecule has 1 aromatic rings. The van der Waals surface area contributed by atoms with Crippen LogP contribution in [-0.2, 0) is 29.7 Å². The van der Waals surface area contributed by atoms with Crippen LogP contribution in [0.2, 0.25) is 0 Å². The number of aromatic nitrogens is 2. The van der Waals surface area contributed by atoms with Crippen molar-refractivity contribution >= 4 is 32.3 Å². The van der Waals surface area contributed by atoms with Gasteiger partial charge in [0.25, 0.3) is 5.88 Å². The molecule has 36 heavy (non-hydrogen) atoms. The SMILES string of the molecule is COC(=O)c1nc(C(CCCC(C)O)N(C)C(=O)OC(C)(C)C)nc(OS(C)(=O)=O)c1OS(C)(=O)=O. The quantitative estimate of drug-likeness (QED) is 0.305. The fourth-order valence-electron chi connectivity index (χ4n) is 2.82. The van der Waals surface area contributed by atoms with Gasteiger partial charge in [0.1, 0.15) is 5.60 Å². The summed E-state index contributed by atoms with van der Waals surface area (Å²) in [4.78, 5) is 34.4. The van der Waals surface area contributed by atoms with Crippen LogP contribution in [0.3, 0.4) is 0 Å². The molecule has 1 N–H and O–H groups in total. The second kappa shape index (κ2) is 12.0. The predicted molar refractivity (Wildman–Crippen MR) is 127 cm³/mol. The van der Waals surface area contributed by atoms with Crippen LogP contribution < -0.4 is 8.37 Å². The van der Waals surface area contributed by atoms with Crippen LogP contribution in [0.1, 0.15) is 69.3 Å². The zero-order valence-corrected chi connectivity index (χ0v) is 23.1. The number of esters is 1. The molecule has 2 atom stereocenters. The summed E-state index contributed by atoms with van der Waals surface area (Å²) in [5.41, 5.74) is -1.60. The topological polar surface area (TPSA) is 189 Å². The lowest BCUT2D eigenvalue weighted by Crippen LogP contribution is -2.37. The van der Waals surface area contributed by atoms with Gasteiger partial charge in [-0.2, -0.15) is 21.8 Å². The average Bonchev–Trinajstić information content (AvgIpc) is 2.67. The number of aliphatic hydroxyl groups excluding tert-OH is 1. The molecular weight excluding hydrogens is 522 g/mol. The zero-order chi connectivity index (χ0) is 28.1. The second-order valence-corrected chi connectivity index (χ2v) is 12.2. The van der Waals surface area contributed by atoms with Gasteiger partial charge in [0.05, 0.1) is 31.8 Å². The first-order valence-electron chi connectivity index (χ1n) is 10.7. The van der Waals surface area contributed by atoms with Gasteiger partial charge in [-0.3, -0.25) is 0 Å². The summed E-state index contributed by atoms with van der Waals surface area (Å²) in [6, 6.07) is -1.02. The van der Waals surface area contributed by atoms with E-state index in [9.17, 15) is 31.5 Å². The Morgan fingerprint density at radius 3 is 2.03 bits per heavy atom. The fourth-order valence-corrected chi connectivity index (χ4v) is 3.67. The summed E-state index contributed by atoms with van der Waals surface area (Å²) < 4.78 is 67.0. The highest BCUT2D eigenvalue weighted by Crippen LogP contribution is 2.35. The standard InChI is InChI=1S/C20H33N3O11S2/c1-12(24)10-9-11-13(23(5)19(26)32-20(2,3)4)16-21-14(18(25)31-6)15(33-35(7,27)28)17(22-16)34-36(8,29)30/h12-13,24H,9-11H2,1-8H3. The van der Waals surface area contributed by atoms with Crippen LogP contribution in [-0.4, -0.2) is 87.2 Å². The molecule has 2 unspecified atom stereocenters. The average molecular weight is 556 g/mol. The molecule has 0 saturated heterocycles. The minimum absolute atomic E-state index is 0.145. The molecule has 1 aromatic heterocycles. The van der Waals surface area contributed by atoms with E-state index >= 15 is 0 Å². The van der Waals surface area contributed by atoms with Crippen molar-refractivity contribution in [3.05, 3.63) is 11.5 Å². The van der Waals surface area contributed by atoms with Gasteiger partial charge in [0.2, 0.25) is 5.75 Å². The summed E-state index contributed by atoms with van der Waals surface area (Å²) in [7, 11) is -6.23. The van der Waals surface area contributed by atoms with Gasteiger partial charge in [-0.1, -0.05) is 0 Å². The summed E-state index contributed by atoms with van der Waals surface area (Å²) in [5, 5.41) is 9.64. The van der Waals surface area contributed by atoms with E-state index in [1.54, 1.807) is 27.7 Å². The van der Waals surface area contributed by atoms with Crippen molar-refractivity contribution in [3.63, 3.8) is 0 Å². The van der Waals surface area contributed by atoms with Gasteiger partial charge in [-0.25, -0.2) is 14.6 Å². The third-order valence-corrected chi connectivity index (χ3v) is 5.17. The van der Waals surface area contributed by atoms with E-state index in [1.165, 1.54) is 7.05 Å². The van der Waals surface area contributed by atoms with Crippen molar-refractivity contribution in [1.82, 2.24) is 14.9 Å². The van der Waals surface area contributed by atoms with Crippen molar-refractivity contribution < 1.29 is 49.4 Å². The van der Waals surface area contributed by atoms with E-state index in [-0.39, 0.29) is 12.2 Å². The Kier molecular flexibility index (Phi) is 10.4. The van der Waals surface area contributed by atoms with Crippen LogP contribution in [0.15, 0.2) is 0 Å². The monoisotopic (exact) mass is 555 g/mol. The maximum atomic E-state index is 12.8. The minimum Gasteiger partial charge on any atom is -0.464 e. The second-order valence-electron chi connectivity index (χ2n) is 9.02. The normalized spacial score (nSPS) is 13.9. The molecule has 0 aromatic carbocycles. The molecule has 0 radical (unpaired) electrons. The van der Waals surface area contributed by atoms with Gasteiger partial charge in [0.15, 0.2) is 11.5 Å². The predicted octanol–water partition coefficient (Wildman–Crippen LogP) is 1.40. The lowest BCUT2D eigenvalue weighted by molar-refractivity contribution is 0.0199. The summed E-state index contributed by atoms with van der Waals surface area (Å²) in [6.45, 7) is 6.54. The molecule has 0 aliphatic rings. The third-order valence-electron chi connectivity index (χ3n) is 4.24. The molecule has 14 nitrogen and oxygen atoms in total. The third kappa shape index (κ3) is 10.5. The Labute approximate surface area is 211 Å². The summed E-state index contributed by atoms with van der Waals surface area (Å²) in [6.07, 6.45) is 0.728. The van der Waals surface area contributed by atoms with E-state index in [1.807, 2.05) is 0 Å². The van der Waals surface area contributed by atoms with E-state index in [0.29, 0.717) is 25.4 Å². The molecule has 1 amide bonds. The van der Waals surface area contributed by atoms with Crippen LogP contribution in [0.5, 0.6) is 11.6 Å². The van der Waals surface area contributed by atoms with Gasteiger partial charge in [-0.05, 0) is 47.0 Å².